The van der Waals surface area contributed by atoms with Crippen LogP contribution in [0.2, 0.25) is 0 Å². The quantitative estimate of drug-likeness (QED) is 0.770. The first-order valence-corrected chi connectivity index (χ1v) is 5.36. The van der Waals surface area contributed by atoms with Gasteiger partial charge >= 0.3 is 0 Å². The van der Waals surface area contributed by atoms with E-state index in [4.69, 9.17) is 8.97 Å². The molecule has 0 fully saturated rings. The highest BCUT2D eigenvalue weighted by molar-refractivity contribution is 7.78. The molecule has 74 valence electrons. The number of benzene rings is 1. The Kier molecular flexibility index (Phi) is 2.35. The van der Waals surface area contributed by atoms with Gasteiger partial charge in [0.1, 0.15) is 11.3 Å². The van der Waals surface area contributed by atoms with Gasteiger partial charge in [-0.1, -0.05) is 6.07 Å². The molecule has 2 rings (SSSR count). The van der Waals surface area contributed by atoms with Crippen LogP contribution in [0.15, 0.2) is 22.6 Å². The highest BCUT2D eigenvalue weighted by atomic mass is 32.2. The maximum absolute atomic E-state index is 10.5. The number of oxazole rings is 1. The average molecular weight is 211 g/mol. The van der Waals surface area contributed by atoms with Crippen molar-refractivity contribution < 1.29 is 13.2 Å². The van der Waals surface area contributed by atoms with Crippen LogP contribution in [0, 0.1) is 6.92 Å². The van der Waals surface area contributed by atoms with Gasteiger partial charge in [-0.2, -0.15) is 0 Å². The first-order chi connectivity index (χ1) is 6.65. The summed E-state index contributed by atoms with van der Waals surface area (Å²) in [5.41, 5.74) is 2.45. The van der Waals surface area contributed by atoms with E-state index in [1.807, 2.05) is 25.1 Å². The largest absolute Gasteiger partial charge is 0.440 e. The van der Waals surface area contributed by atoms with Gasteiger partial charge in [-0.05, 0) is 24.6 Å². The summed E-state index contributed by atoms with van der Waals surface area (Å²) in [5, 5.41) is 0. The van der Waals surface area contributed by atoms with Crippen molar-refractivity contribution in [3.63, 3.8) is 0 Å². The van der Waals surface area contributed by atoms with Crippen molar-refractivity contribution in [2.24, 2.45) is 0 Å². The fourth-order valence-electron chi connectivity index (χ4n) is 1.25. The van der Waals surface area contributed by atoms with E-state index in [0.717, 1.165) is 11.1 Å². The zero-order chi connectivity index (χ0) is 10.1. The fourth-order valence-corrected chi connectivity index (χ4v) is 1.58. The van der Waals surface area contributed by atoms with Crippen LogP contribution in [0.3, 0.4) is 0 Å². The molecule has 1 atom stereocenters. The standard InChI is InChI=1S/C9H9NO3S/c1-6-2-3-7-8(4-6)13-9(10-7)5-14(11)12/h2-4H,5H2,1H3,(H,11,12). The Bertz CT molecular complexity index is 492. The van der Waals surface area contributed by atoms with Gasteiger partial charge in [0.05, 0.1) is 0 Å². The molecule has 0 aliphatic heterocycles. The van der Waals surface area contributed by atoms with Gasteiger partial charge in [-0.25, -0.2) is 9.19 Å². The summed E-state index contributed by atoms with van der Waals surface area (Å²) in [7, 11) is 0. The number of aryl methyl sites for hydroxylation is 1. The molecule has 0 aliphatic rings. The molecule has 5 heteroatoms. The molecule has 2 aromatic rings. The van der Waals surface area contributed by atoms with Crippen molar-refractivity contribution in [2.45, 2.75) is 12.7 Å². The molecule has 0 aliphatic carbocycles. The highest BCUT2D eigenvalue weighted by Crippen LogP contribution is 2.17. The number of rotatable bonds is 2. The first-order valence-electron chi connectivity index (χ1n) is 4.08. The van der Waals surface area contributed by atoms with Crippen LogP contribution < -0.4 is 0 Å². The Morgan fingerprint density at radius 2 is 2.36 bits per heavy atom. The number of hydrogen-bond acceptors (Lipinski definition) is 3. The Labute approximate surface area is 83.2 Å². The summed E-state index contributed by atoms with van der Waals surface area (Å²) in [5.74, 6) is 0.236. The van der Waals surface area contributed by atoms with Crippen molar-refractivity contribution in [2.75, 3.05) is 0 Å². The smallest absolute Gasteiger partial charge is 0.210 e. The Hall–Kier alpha value is -1.20. The molecule has 0 radical (unpaired) electrons. The minimum Gasteiger partial charge on any atom is -0.440 e. The van der Waals surface area contributed by atoms with Gasteiger partial charge in [0.15, 0.2) is 16.7 Å². The number of hydrogen-bond donors (Lipinski definition) is 1. The highest BCUT2D eigenvalue weighted by Gasteiger charge is 2.07. The average Bonchev–Trinajstić information content (AvgIpc) is 2.44. The molecule has 0 bridgehead atoms. The van der Waals surface area contributed by atoms with E-state index in [1.54, 1.807) is 0 Å². The molecular weight excluding hydrogens is 202 g/mol. The lowest BCUT2D eigenvalue weighted by Crippen LogP contribution is -1.91. The predicted molar refractivity (Wildman–Crippen MR) is 53.2 cm³/mol. The van der Waals surface area contributed by atoms with Gasteiger partial charge < -0.3 is 8.97 Å². The van der Waals surface area contributed by atoms with Crippen molar-refractivity contribution in [1.29, 1.82) is 0 Å². The van der Waals surface area contributed by atoms with E-state index in [0.29, 0.717) is 11.5 Å². The molecule has 14 heavy (non-hydrogen) atoms. The second kappa shape index (κ2) is 3.51. The first kappa shape index (κ1) is 9.36. The molecule has 1 N–H and O–H groups in total. The molecule has 0 spiro atoms. The molecule has 1 aromatic carbocycles. The molecule has 1 heterocycles. The number of aromatic nitrogens is 1. The van der Waals surface area contributed by atoms with Crippen molar-refractivity contribution >= 4 is 22.2 Å². The van der Waals surface area contributed by atoms with Crippen LogP contribution in [0.1, 0.15) is 11.5 Å². The summed E-state index contributed by atoms with van der Waals surface area (Å²) in [6, 6.07) is 5.61. The van der Waals surface area contributed by atoms with Crippen LogP contribution in [0.25, 0.3) is 11.1 Å². The molecule has 0 saturated heterocycles. The number of fused-ring (bicyclic) bond motifs is 1. The maximum atomic E-state index is 10.5. The Morgan fingerprint density at radius 3 is 3.07 bits per heavy atom. The molecule has 1 unspecified atom stereocenters. The Balaban J connectivity index is 2.46. The zero-order valence-corrected chi connectivity index (χ0v) is 8.37. The van der Waals surface area contributed by atoms with Crippen molar-refractivity contribution in [3.05, 3.63) is 29.7 Å². The second-order valence-corrected chi connectivity index (χ2v) is 3.98. The van der Waals surface area contributed by atoms with Gasteiger partial charge in [0.2, 0.25) is 5.89 Å². The van der Waals surface area contributed by atoms with E-state index >= 15 is 0 Å². The summed E-state index contributed by atoms with van der Waals surface area (Å²) >= 11 is -1.90. The third-order valence-electron chi connectivity index (χ3n) is 1.84. The number of nitrogens with zero attached hydrogens (tertiary/aromatic N) is 1. The van der Waals surface area contributed by atoms with Crippen LogP contribution >= 0.6 is 0 Å². The third kappa shape index (κ3) is 1.83. The fraction of sp³-hybridized carbons (Fsp3) is 0.222. The zero-order valence-electron chi connectivity index (χ0n) is 7.56. The normalized spacial score (nSPS) is 13.3. The van der Waals surface area contributed by atoms with E-state index in [2.05, 4.69) is 4.98 Å². The molecule has 1 aromatic heterocycles. The van der Waals surface area contributed by atoms with E-state index < -0.39 is 11.1 Å². The van der Waals surface area contributed by atoms with Crippen LogP contribution in [0.4, 0.5) is 0 Å². The lowest BCUT2D eigenvalue weighted by molar-refractivity contribution is 0.527. The lowest BCUT2D eigenvalue weighted by atomic mass is 10.2. The van der Waals surface area contributed by atoms with E-state index in [-0.39, 0.29) is 5.75 Å². The van der Waals surface area contributed by atoms with Crippen molar-refractivity contribution in [3.8, 4) is 0 Å². The van der Waals surface area contributed by atoms with Gasteiger partial charge in [0.25, 0.3) is 0 Å². The predicted octanol–water partition coefficient (Wildman–Crippen LogP) is 1.86. The molecule has 0 saturated carbocycles. The lowest BCUT2D eigenvalue weighted by Gasteiger charge is -1.88. The van der Waals surface area contributed by atoms with Crippen LogP contribution in [0.5, 0.6) is 0 Å². The van der Waals surface area contributed by atoms with E-state index in [1.165, 1.54) is 0 Å². The molecular formula is C9H9NO3S. The second-order valence-electron chi connectivity index (χ2n) is 3.04. The summed E-state index contributed by atoms with van der Waals surface area (Å²) in [6.45, 7) is 1.95. The minimum absolute atomic E-state index is 0.0618. The molecule has 0 amide bonds. The third-order valence-corrected chi connectivity index (χ3v) is 2.33. The van der Waals surface area contributed by atoms with Crippen LogP contribution in [-0.4, -0.2) is 13.7 Å². The van der Waals surface area contributed by atoms with Gasteiger partial charge in [-0.3, -0.25) is 0 Å². The van der Waals surface area contributed by atoms with Crippen LogP contribution in [-0.2, 0) is 16.8 Å². The SMILES string of the molecule is Cc1ccc2nc(CS(=O)O)oc2c1. The van der Waals surface area contributed by atoms with Gasteiger partial charge in [0, 0.05) is 0 Å². The summed E-state index contributed by atoms with van der Waals surface area (Å²) in [6.07, 6.45) is 0. The monoisotopic (exact) mass is 211 g/mol. The maximum Gasteiger partial charge on any atom is 0.210 e. The van der Waals surface area contributed by atoms with Crippen molar-refractivity contribution in [1.82, 2.24) is 4.98 Å². The Morgan fingerprint density at radius 1 is 1.57 bits per heavy atom. The van der Waals surface area contributed by atoms with E-state index in [9.17, 15) is 4.21 Å². The van der Waals surface area contributed by atoms with Gasteiger partial charge in [-0.15, -0.1) is 0 Å². The minimum atomic E-state index is -1.90. The summed E-state index contributed by atoms with van der Waals surface area (Å²) < 4.78 is 24.5. The topological polar surface area (TPSA) is 63.3 Å². The molecule has 4 nitrogen and oxygen atoms in total. The summed E-state index contributed by atoms with van der Waals surface area (Å²) in [4.78, 5) is 4.07.